The zero-order valence-corrected chi connectivity index (χ0v) is 14.6. The van der Waals surface area contributed by atoms with Crippen molar-refractivity contribution in [3.8, 4) is 0 Å². The van der Waals surface area contributed by atoms with Crippen LogP contribution in [0.2, 0.25) is 0 Å². The van der Waals surface area contributed by atoms with Crippen LogP contribution in [0.3, 0.4) is 0 Å². The third kappa shape index (κ3) is 2.59. The summed E-state index contributed by atoms with van der Waals surface area (Å²) in [6, 6.07) is 0. The molecule has 23 heavy (non-hydrogen) atoms. The Labute approximate surface area is 136 Å². The Kier molecular flexibility index (Phi) is 3.83. The fourth-order valence-corrected chi connectivity index (χ4v) is 5.21. The van der Waals surface area contributed by atoms with Crippen LogP contribution >= 0.6 is 0 Å². The van der Waals surface area contributed by atoms with Crippen LogP contribution in [0, 0.1) is 23.2 Å². The van der Waals surface area contributed by atoms with E-state index < -0.39 is 23.8 Å². The van der Waals surface area contributed by atoms with Gasteiger partial charge >= 0.3 is 6.18 Å². The normalized spacial score (nSPS) is 43.5. The molecule has 0 bridgehead atoms. The summed E-state index contributed by atoms with van der Waals surface area (Å²) in [5.74, 6) is -0.123. The number of ether oxygens (including phenoxy) is 2. The lowest BCUT2D eigenvalue weighted by Gasteiger charge is -2.55. The summed E-state index contributed by atoms with van der Waals surface area (Å²) in [6.45, 7) is 9.81. The summed E-state index contributed by atoms with van der Waals surface area (Å²) < 4.78 is 51.9. The van der Waals surface area contributed by atoms with E-state index in [0.717, 1.165) is 25.7 Å². The number of allylic oxidation sites excluding steroid dienone is 2. The van der Waals surface area contributed by atoms with E-state index in [-0.39, 0.29) is 11.3 Å². The molecular weight excluding hydrogens is 305 g/mol. The van der Waals surface area contributed by atoms with Gasteiger partial charge in [0.1, 0.15) is 0 Å². The van der Waals surface area contributed by atoms with Gasteiger partial charge in [0.15, 0.2) is 0 Å². The molecule has 2 heterocycles. The Hall–Kier alpha value is -0.710. The molecule has 0 aromatic carbocycles. The maximum absolute atomic E-state index is 13.4. The lowest BCUT2D eigenvalue weighted by molar-refractivity contribution is -0.284. The Morgan fingerprint density at radius 2 is 1.74 bits per heavy atom. The van der Waals surface area contributed by atoms with Crippen LogP contribution in [-0.4, -0.2) is 18.1 Å². The van der Waals surface area contributed by atoms with Gasteiger partial charge in [0, 0.05) is 5.41 Å². The molecule has 132 valence electrons. The molecule has 3 aliphatic rings. The van der Waals surface area contributed by atoms with Gasteiger partial charge in [-0.15, -0.1) is 0 Å². The third-order valence-corrected chi connectivity index (χ3v) is 6.50. The van der Waals surface area contributed by atoms with E-state index in [9.17, 15) is 13.2 Å². The molecule has 0 N–H and O–H groups in total. The van der Waals surface area contributed by atoms with Crippen molar-refractivity contribution in [2.45, 2.75) is 78.4 Å². The Bertz CT molecular complexity index is 523. The van der Waals surface area contributed by atoms with E-state index in [1.807, 2.05) is 13.8 Å². The highest BCUT2D eigenvalue weighted by Gasteiger charge is 2.61. The minimum absolute atomic E-state index is 0.118. The molecule has 1 unspecified atom stereocenters. The third-order valence-electron chi connectivity index (χ3n) is 6.50. The van der Waals surface area contributed by atoms with Gasteiger partial charge in [-0.3, -0.25) is 0 Å². The van der Waals surface area contributed by atoms with Gasteiger partial charge < -0.3 is 9.47 Å². The highest BCUT2D eigenvalue weighted by atomic mass is 19.4. The molecule has 0 amide bonds. The first kappa shape index (κ1) is 17.1. The van der Waals surface area contributed by atoms with Crippen LogP contribution in [0.4, 0.5) is 13.2 Å². The maximum Gasteiger partial charge on any atom is 0.448 e. The quantitative estimate of drug-likeness (QED) is 0.588. The highest BCUT2D eigenvalue weighted by molar-refractivity contribution is 5.23. The van der Waals surface area contributed by atoms with Crippen LogP contribution in [0.25, 0.3) is 0 Å². The molecule has 2 nitrogen and oxygen atoms in total. The number of rotatable bonds is 0. The molecule has 5 atom stereocenters. The smallest absolute Gasteiger partial charge is 0.448 e. The van der Waals surface area contributed by atoms with Gasteiger partial charge in [-0.1, -0.05) is 13.8 Å². The average molecular weight is 332 g/mol. The van der Waals surface area contributed by atoms with E-state index in [4.69, 9.17) is 9.47 Å². The molecule has 0 radical (unpaired) electrons. The summed E-state index contributed by atoms with van der Waals surface area (Å²) in [7, 11) is 0. The minimum atomic E-state index is -4.45. The SMILES string of the molecule is CC1=C(C(F)(F)F)O[C@@H]2OC(C)(C)CCC3[C@H](C)CC[C@@H]1[C@]32C. The van der Waals surface area contributed by atoms with Gasteiger partial charge in [-0.25, -0.2) is 0 Å². The van der Waals surface area contributed by atoms with Crippen LogP contribution in [-0.2, 0) is 9.47 Å². The molecule has 2 fully saturated rings. The lowest BCUT2D eigenvalue weighted by atomic mass is 9.54. The first-order valence-corrected chi connectivity index (χ1v) is 8.59. The zero-order chi connectivity index (χ0) is 17.2. The summed E-state index contributed by atoms with van der Waals surface area (Å²) in [6.07, 6.45) is -1.69. The molecule has 5 heteroatoms. The predicted octanol–water partition coefficient (Wildman–Crippen LogP) is 5.44. The largest absolute Gasteiger partial charge is 0.459 e. The molecule has 0 spiro atoms. The van der Waals surface area contributed by atoms with E-state index in [2.05, 4.69) is 13.8 Å². The first-order chi connectivity index (χ1) is 10.5. The van der Waals surface area contributed by atoms with Gasteiger partial charge in [0.2, 0.25) is 12.0 Å². The fourth-order valence-electron chi connectivity index (χ4n) is 5.21. The van der Waals surface area contributed by atoms with Crippen LogP contribution in [0.5, 0.6) is 0 Å². The summed E-state index contributed by atoms with van der Waals surface area (Å²) in [5.41, 5.74) is -0.488. The Morgan fingerprint density at radius 1 is 1.09 bits per heavy atom. The van der Waals surface area contributed by atoms with Crippen molar-refractivity contribution in [1.29, 1.82) is 0 Å². The standard InChI is InChI=1S/C18H27F3O2/c1-10-6-7-13-11(2)14(18(19,20)21)22-15-17(13,5)12(10)8-9-16(3,4)23-15/h10,12-13,15H,6-9H2,1-5H3/t10-,12?,13+,15-,17+/m1/s1. The average Bonchev–Trinajstić information content (AvgIpc) is 2.49. The summed E-state index contributed by atoms with van der Waals surface area (Å²) in [5, 5.41) is 0. The van der Waals surface area contributed by atoms with Crippen molar-refractivity contribution < 1.29 is 22.6 Å². The summed E-state index contributed by atoms with van der Waals surface area (Å²) >= 11 is 0. The van der Waals surface area contributed by atoms with Gasteiger partial charge in [-0.2, -0.15) is 13.2 Å². The van der Waals surface area contributed by atoms with Crippen molar-refractivity contribution in [3.63, 3.8) is 0 Å². The molecule has 3 rings (SSSR count). The number of hydrogen-bond acceptors (Lipinski definition) is 2. The topological polar surface area (TPSA) is 18.5 Å². The lowest BCUT2D eigenvalue weighted by Crippen LogP contribution is -2.55. The predicted molar refractivity (Wildman–Crippen MR) is 81.5 cm³/mol. The van der Waals surface area contributed by atoms with Crippen LogP contribution < -0.4 is 0 Å². The second-order valence-electron chi connectivity index (χ2n) is 8.46. The molecule has 0 aromatic heterocycles. The fraction of sp³-hybridized carbons (Fsp3) is 0.889. The zero-order valence-electron chi connectivity index (χ0n) is 14.6. The van der Waals surface area contributed by atoms with E-state index >= 15 is 0 Å². The molecular formula is C18H27F3O2. The number of hydrogen-bond donors (Lipinski definition) is 0. The molecule has 1 aliphatic carbocycles. The van der Waals surface area contributed by atoms with Gasteiger partial charge in [0.25, 0.3) is 0 Å². The second-order valence-corrected chi connectivity index (χ2v) is 8.46. The van der Waals surface area contributed by atoms with Crippen molar-refractivity contribution in [3.05, 3.63) is 11.3 Å². The van der Waals surface area contributed by atoms with Crippen molar-refractivity contribution in [2.24, 2.45) is 23.2 Å². The number of halogens is 3. The molecule has 0 aromatic rings. The van der Waals surface area contributed by atoms with Crippen molar-refractivity contribution >= 4 is 0 Å². The Morgan fingerprint density at radius 3 is 2.35 bits per heavy atom. The molecule has 1 saturated heterocycles. The van der Waals surface area contributed by atoms with E-state index in [0.29, 0.717) is 17.4 Å². The number of alkyl halides is 3. The van der Waals surface area contributed by atoms with Crippen molar-refractivity contribution in [2.75, 3.05) is 0 Å². The van der Waals surface area contributed by atoms with E-state index in [1.54, 1.807) is 6.92 Å². The van der Waals surface area contributed by atoms with Gasteiger partial charge in [-0.05, 0) is 69.8 Å². The molecule has 2 aliphatic heterocycles. The van der Waals surface area contributed by atoms with E-state index in [1.165, 1.54) is 0 Å². The second kappa shape index (κ2) is 5.14. The summed E-state index contributed by atoms with van der Waals surface area (Å²) in [4.78, 5) is 0. The monoisotopic (exact) mass is 332 g/mol. The van der Waals surface area contributed by atoms with Crippen LogP contribution in [0.1, 0.15) is 60.3 Å². The molecule has 1 saturated carbocycles. The van der Waals surface area contributed by atoms with Crippen LogP contribution in [0.15, 0.2) is 11.3 Å². The maximum atomic E-state index is 13.4. The highest BCUT2D eigenvalue weighted by Crippen LogP contribution is 2.61. The minimum Gasteiger partial charge on any atom is -0.459 e. The Balaban J connectivity index is 2.12. The first-order valence-electron chi connectivity index (χ1n) is 8.59. The van der Waals surface area contributed by atoms with Crippen molar-refractivity contribution in [1.82, 2.24) is 0 Å². The van der Waals surface area contributed by atoms with Gasteiger partial charge in [0.05, 0.1) is 5.60 Å².